The largest absolute Gasteiger partial charge is 0.481 e. The third kappa shape index (κ3) is 18.2. The van der Waals surface area contributed by atoms with Gasteiger partial charge in [0.25, 0.3) is 0 Å². The van der Waals surface area contributed by atoms with Crippen molar-refractivity contribution in [3.8, 4) is 0 Å². The number of pyridine rings is 2. The van der Waals surface area contributed by atoms with E-state index >= 15 is 0 Å². The van der Waals surface area contributed by atoms with Gasteiger partial charge in [-0.2, -0.15) is 0 Å². The minimum atomic E-state index is -1.04. The number of rotatable bonds is 13. The number of para-hydroxylation sites is 2. The summed E-state index contributed by atoms with van der Waals surface area (Å²) < 4.78 is 14.6. The lowest BCUT2D eigenvalue weighted by molar-refractivity contribution is -0.158. The Morgan fingerprint density at radius 3 is 1.14 bits per heavy atom. The number of Topliss-reactive ketones (excluding diaryl/α,β-unsaturated/α-hetero) is 4. The molecule has 9 aliphatic heterocycles. The maximum atomic E-state index is 11.0. The lowest BCUT2D eigenvalue weighted by Crippen LogP contribution is -2.54. The first-order valence-corrected chi connectivity index (χ1v) is 35.1. The second kappa shape index (κ2) is 34.9. The molecule has 103 heavy (non-hydrogen) atoms. The fourth-order valence-electron chi connectivity index (χ4n) is 17.6. The number of hydrogen-bond donors (Lipinski definition) is 7. The maximum absolute atomic E-state index is 11.0. The molecule has 0 spiro atoms. The molecule has 14 aliphatic rings. The molecule has 10 bridgehead atoms. The van der Waals surface area contributed by atoms with Gasteiger partial charge in [-0.05, 0) is 170 Å². The molecule has 558 valence electrons. The van der Waals surface area contributed by atoms with E-state index in [0.717, 1.165) is 84.8 Å². The van der Waals surface area contributed by atoms with Gasteiger partial charge in [0.1, 0.15) is 41.4 Å². The molecule has 7 N–H and O–H groups in total. The number of aliphatic hydroxyl groups is 3. The maximum Gasteiger partial charge on any atom is 0.310 e. The van der Waals surface area contributed by atoms with Gasteiger partial charge in [-0.15, -0.1) is 13.2 Å². The number of carbonyl (C=O) groups excluding carboxylic acids is 7. The van der Waals surface area contributed by atoms with Crippen LogP contribution in [0.25, 0.3) is 21.8 Å². The molecule has 9 saturated heterocycles. The van der Waals surface area contributed by atoms with Crippen LogP contribution in [0.5, 0.6) is 0 Å². The zero-order chi connectivity index (χ0) is 72.8. The molecule has 25 heteroatoms. The molecule has 5 saturated carbocycles. The van der Waals surface area contributed by atoms with Crippen molar-refractivity contribution >= 4 is 86.7 Å². The van der Waals surface area contributed by atoms with Gasteiger partial charge in [0, 0.05) is 78.9 Å². The Morgan fingerprint density at radius 2 is 0.835 bits per heavy atom. The zero-order valence-electron chi connectivity index (χ0n) is 57.1. The minimum Gasteiger partial charge on any atom is -0.481 e. The van der Waals surface area contributed by atoms with Crippen molar-refractivity contribution in [3.05, 3.63) is 109 Å². The number of ether oxygens (including phenoxy) is 3. The molecule has 2 aromatic heterocycles. The number of fused-ring (bicyclic) bond motifs is 14. The first-order chi connectivity index (χ1) is 48.1. The van der Waals surface area contributed by atoms with E-state index in [1.165, 1.54) is 26.7 Å². The molecule has 4 aromatic rings. The van der Waals surface area contributed by atoms with E-state index in [-0.39, 0.29) is 129 Å². The predicted molar refractivity (Wildman–Crippen MR) is 375 cm³/mol. The second-order valence-corrected chi connectivity index (χ2v) is 29.1. The van der Waals surface area contributed by atoms with Gasteiger partial charge in [-0.1, -0.05) is 63.4 Å². The van der Waals surface area contributed by atoms with Crippen molar-refractivity contribution in [2.24, 2.45) is 82.9 Å². The second-order valence-electron chi connectivity index (χ2n) is 29.1. The average Bonchev–Trinajstić information content (AvgIpc) is 1.76. The third-order valence-electron chi connectivity index (χ3n) is 23.1. The Kier molecular flexibility index (Phi) is 27.1. The molecule has 24 atom stereocenters. The quantitative estimate of drug-likeness (QED) is 0.0374. The van der Waals surface area contributed by atoms with Gasteiger partial charge in [0.15, 0.2) is 0 Å². The SMILES string of the molecule is C.C.C=CC1CN2CCC1CC2[C@H](O)c1ccnc2ccccc12.C=CC1CN2CCC1CC2[C@H](O)c1ccnc2ccccc12.CC(=O)C1CC2CC1C(=O)O2.CC(=O)[C@@H]1CC(=O)C[C@H]1C(=O)O.CC(=O)[C@@H]1CC(O)C[C@H]1C(=O)O.O=C(O)C1CC2CC1C(=O)O2.O=C(O)C1CC2CC1C(=O)O2. The van der Waals surface area contributed by atoms with Crippen molar-refractivity contribution in [1.82, 2.24) is 19.8 Å². The Morgan fingerprint density at radius 1 is 0.476 bits per heavy atom. The number of esters is 3. The summed E-state index contributed by atoms with van der Waals surface area (Å²) in [4.78, 5) is 132. The van der Waals surface area contributed by atoms with E-state index < -0.39 is 77.7 Å². The van der Waals surface area contributed by atoms with E-state index in [1.54, 1.807) is 6.92 Å². The van der Waals surface area contributed by atoms with E-state index in [2.05, 4.69) is 57.2 Å². The summed E-state index contributed by atoms with van der Waals surface area (Å²) in [5.41, 5.74) is 3.94. The summed E-state index contributed by atoms with van der Waals surface area (Å²) in [6, 6.07) is 20.5. The molecule has 11 heterocycles. The highest BCUT2D eigenvalue weighted by Gasteiger charge is 2.53. The fraction of sp³-hybridized carbons (Fsp3) is 0.577. The van der Waals surface area contributed by atoms with Crippen molar-refractivity contribution < 1.29 is 103 Å². The molecular weight excluding hydrogens is 1330 g/mol. The molecule has 18 rings (SSSR count). The lowest BCUT2D eigenvalue weighted by atomic mass is 9.73. The first kappa shape index (κ1) is 80.2. The number of piperidine rings is 6. The van der Waals surface area contributed by atoms with Crippen LogP contribution in [0.2, 0.25) is 0 Å². The lowest BCUT2D eigenvalue weighted by Gasteiger charge is -2.50. The van der Waals surface area contributed by atoms with Crippen molar-refractivity contribution in [2.45, 2.75) is 174 Å². The summed E-state index contributed by atoms with van der Waals surface area (Å²) in [6.07, 6.45) is 15.1. The molecule has 25 nitrogen and oxygen atoms in total. The van der Waals surface area contributed by atoms with E-state index in [1.807, 2.05) is 60.9 Å². The minimum absolute atomic E-state index is 0. The van der Waals surface area contributed by atoms with Crippen LogP contribution >= 0.6 is 0 Å². The summed E-state index contributed by atoms with van der Waals surface area (Å²) in [5.74, 6) is -6.76. The fourth-order valence-corrected chi connectivity index (χ4v) is 17.6. The Bertz CT molecular complexity index is 3530. The van der Waals surface area contributed by atoms with Crippen LogP contribution in [0.4, 0.5) is 0 Å². The molecule has 5 aliphatic carbocycles. The van der Waals surface area contributed by atoms with Crippen molar-refractivity contribution in [3.63, 3.8) is 0 Å². The number of hydrogen-bond acceptors (Lipinski definition) is 21. The highest BCUT2D eigenvalue weighted by Crippen LogP contribution is 2.46. The molecule has 14 fully saturated rings. The van der Waals surface area contributed by atoms with Gasteiger partial charge >= 0.3 is 41.8 Å². The predicted octanol–water partition coefficient (Wildman–Crippen LogP) is 8.48. The number of aromatic nitrogens is 2. The van der Waals surface area contributed by atoms with E-state index in [0.29, 0.717) is 55.8 Å². The summed E-state index contributed by atoms with van der Waals surface area (Å²) >= 11 is 0. The highest BCUT2D eigenvalue weighted by molar-refractivity contribution is 5.96. The monoisotopic (exact) mass is 1430 g/mol. The van der Waals surface area contributed by atoms with E-state index in [9.17, 15) is 63.0 Å². The zero-order valence-corrected chi connectivity index (χ0v) is 57.1. The number of carboxylic acid groups (broad SMARTS) is 4. The van der Waals surface area contributed by atoms with Crippen molar-refractivity contribution in [1.29, 1.82) is 0 Å². The van der Waals surface area contributed by atoms with E-state index in [4.69, 9.17) is 39.7 Å². The first-order valence-electron chi connectivity index (χ1n) is 35.1. The smallest absolute Gasteiger partial charge is 0.310 e. The summed E-state index contributed by atoms with van der Waals surface area (Å²) in [7, 11) is 0. The normalized spacial score (nSPS) is 34.2. The van der Waals surface area contributed by atoms with Crippen LogP contribution in [0.3, 0.4) is 0 Å². The van der Waals surface area contributed by atoms with Crippen molar-refractivity contribution in [2.75, 3.05) is 26.2 Å². The topological polar surface area (TPSA) is 389 Å². The van der Waals surface area contributed by atoms with Crippen LogP contribution < -0.4 is 0 Å². The van der Waals surface area contributed by atoms with Gasteiger partial charge < -0.3 is 50.0 Å². The molecular formula is C78H100N4O21. The number of carboxylic acids is 4. The van der Waals surface area contributed by atoms with Crippen LogP contribution in [0.1, 0.15) is 149 Å². The van der Waals surface area contributed by atoms with Crippen LogP contribution in [0.15, 0.2) is 98.4 Å². The number of benzene rings is 2. The number of nitrogens with zero attached hydrogens (tertiary/aromatic N) is 4. The molecule has 0 amide bonds. The molecule has 18 unspecified atom stereocenters. The number of aliphatic hydroxyl groups excluding tert-OH is 3. The summed E-state index contributed by atoms with van der Waals surface area (Å²) in [6.45, 7) is 16.5. The van der Waals surface area contributed by atoms with Crippen LogP contribution in [-0.2, 0) is 67.0 Å². The number of ketones is 4. The number of carbonyl (C=O) groups is 11. The van der Waals surface area contributed by atoms with Crippen LogP contribution in [0, 0.1) is 82.9 Å². The standard InChI is InChI=1S/2C19H22N2O.C8H12O4.C8H10O4.C8H10O3.2C7H8O4.2CH4/c2*1-2-13-12-21-10-8-14(13)11-18(21)19(22)16-7-9-20-17-6-4-3-5-15(16)17;2*1-4(9)6-2-5(10)3-7(6)8(11)12;1-4(9)6-2-5-3-7(6)8(10)11-5;2*8-6(9)4-1-3-2-5(4)7(10)11-3;;/h2*2-7,9,13-14,18-19,22H,1,8,10-12H2;5-7,10H,2-3H2,1H3,(H,11,12);6-7H,2-3H2,1H3,(H,11,12);5-7H,2-3H2,1H3;2*3-5H,1-2H2,(H,8,9);2*1H4/t2*13?,14?,18?,19-;5?,6-,7+;6-,7+;;;;;/m1100...../s1. The Balaban J connectivity index is 0.000000156. The number of aliphatic carboxylic acids is 4. The van der Waals surface area contributed by atoms with Gasteiger partial charge in [0.2, 0.25) is 0 Å². The van der Waals surface area contributed by atoms with Crippen LogP contribution in [-0.4, -0.2) is 183 Å². The summed E-state index contributed by atoms with van der Waals surface area (Å²) in [5, 5.41) is 68.0. The molecule has 2 aromatic carbocycles. The average molecular weight is 1430 g/mol. The van der Waals surface area contributed by atoms with Gasteiger partial charge in [0.05, 0.1) is 70.8 Å². The highest BCUT2D eigenvalue weighted by atomic mass is 16.6. The molecule has 0 radical (unpaired) electrons. The Hall–Kier alpha value is -8.49. The Labute approximate surface area is 599 Å². The third-order valence-corrected chi connectivity index (χ3v) is 23.1. The van der Waals surface area contributed by atoms with Gasteiger partial charge in [-0.25, -0.2) is 0 Å². The van der Waals surface area contributed by atoms with Gasteiger partial charge in [-0.3, -0.25) is 72.5 Å².